The van der Waals surface area contributed by atoms with Crippen LogP contribution in [0.1, 0.15) is 18.1 Å². The van der Waals surface area contributed by atoms with Crippen molar-refractivity contribution >= 4 is 5.69 Å². The molecule has 0 aliphatic rings. The van der Waals surface area contributed by atoms with Gasteiger partial charge < -0.3 is 26.0 Å². The molecule has 0 heterocycles. The number of nitrogen functional groups attached to an aromatic ring is 1. The zero-order valence-electron chi connectivity index (χ0n) is 10.2. The molecule has 1 aromatic rings. The molecule has 2 atom stereocenters. The summed E-state index contributed by atoms with van der Waals surface area (Å²) in [6, 6.07) is 4.98. The van der Waals surface area contributed by atoms with Crippen molar-refractivity contribution in [1.29, 1.82) is 0 Å². The molecule has 0 aliphatic heterocycles. The maximum Gasteiger partial charge on any atom is 0.142 e. The highest BCUT2D eigenvalue weighted by molar-refractivity contribution is 5.54. The Morgan fingerprint density at radius 1 is 1.41 bits per heavy atom. The monoisotopic (exact) mass is 240 g/mol. The second kappa shape index (κ2) is 6.44. The van der Waals surface area contributed by atoms with Crippen LogP contribution in [0.25, 0.3) is 0 Å². The summed E-state index contributed by atoms with van der Waals surface area (Å²) in [6.07, 6.45) is -1.27. The van der Waals surface area contributed by atoms with Crippen LogP contribution in [-0.2, 0) is 0 Å². The van der Waals surface area contributed by atoms with Crippen LogP contribution in [0.4, 0.5) is 5.69 Å². The van der Waals surface area contributed by atoms with Gasteiger partial charge in [-0.15, -0.1) is 0 Å². The summed E-state index contributed by atoms with van der Waals surface area (Å²) in [4.78, 5) is 0. The van der Waals surface area contributed by atoms with Crippen LogP contribution in [0, 0.1) is 0 Å². The van der Waals surface area contributed by atoms with E-state index in [9.17, 15) is 10.2 Å². The number of nitrogens with two attached hydrogens (primary N) is 1. The summed E-state index contributed by atoms with van der Waals surface area (Å²) in [7, 11) is 3.31. The highest BCUT2D eigenvalue weighted by Gasteiger charge is 2.18. The Hall–Kier alpha value is -1.30. The first-order valence-electron chi connectivity index (χ1n) is 5.54. The molecule has 2 unspecified atom stereocenters. The molecule has 0 saturated carbocycles. The van der Waals surface area contributed by atoms with Gasteiger partial charge in [0, 0.05) is 0 Å². The summed E-state index contributed by atoms with van der Waals surface area (Å²) < 4.78 is 5.07. The number of hydrogen-bond acceptors (Lipinski definition) is 5. The smallest absolute Gasteiger partial charge is 0.142 e. The van der Waals surface area contributed by atoms with Crippen molar-refractivity contribution in [2.24, 2.45) is 0 Å². The summed E-state index contributed by atoms with van der Waals surface area (Å²) >= 11 is 0. The number of aliphatic hydroxyl groups is 2. The molecule has 5 heteroatoms. The second-order valence-electron chi connectivity index (χ2n) is 3.91. The van der Waals surface area contributed by atoms with Crippen LogP contribution in [0.15, 0.2) is 18.2 Å². The average Bonchev–Trinajstić information content (AvgIpc) is 2.35. The van der Waals surface area contributed by atoms with Crippen molar-refractivity contribution in [1.82, 2.24) is 5.32 Å². The molecular formula is C12H20N2O3. The first-order chi connectivity index (χ1) is 8.10. The molecule has 0 bridgehead atoms. The van der Waals surface area contributed by atoms with E-state index in [2.05, 4.69) is 5.32 Å². The highest BCUT2D eigenvalue weighted by Crippen LogP contribution is 2.27. The van der Waals surface area contributed by atoms with Crippen LogP contribution >= 0.6 is 0 Å². The van der Waals surface area contributed by atoms with Gasteiger partial charge in [-0.3, -0.25) is 0 Å². The van der Waals surface area contributed by atoms with E-state index in [1.165, 1.54) is 7.11 Å². The van der Waals surface area contributed by atoms with E-state index < -0.39 is 12.2 Å². The third-order valence-electron chi connectivity index (χ3n) is 2.65. The van der Waals surface area contributed by atoms with Gasteiger partial charge in [0.15, 0.2) is 0 Å². The van der Waals surface area contributed by atoms with Gasteiger partial charge in [-0.2, -0.15) is 0 Å². The molecule has 1 rings (SSSR count). The van der Waals surface area contributed by atoms with Gasteiger partial charge >= 0.3 is 0 Å². The zero-order chi connectivity index (χ0) is 12.8. The Labute approximate surface area is 101 Å². The van der Waals surface area contributed by atoms with Crippen molar-refractivity contribution in [3.05, 3.63) is 23.8 Å². The van der Waals surface area contributed by atoms with Gasteiger partial charge in [0.2, 0.25) is 0 Å². The van der Waals surface area contributed by atoms with E-state index in [0.29, 0.717) is 30.0 Å². The lowest BCUT2D eigenvalue weighted by molar-refractivity contribution is 0.0139. The Morgan fingerprint density at radius 2 is 2.12 bits per heavy atom. The number of benzene rings is 1. The van der Waals surface area contributed by atoms with Gasteiger partial charge in [0.25, 0.3) is 0 Å². The number of anilines is 1. The Morgan fingerprint density at radius 3 is 2.71 bits per heavy atom. The topological polar surface area (TPSA) is 87.7 Å². The van der Waals surface area contributed by atoms with E-state index in [1.54, 1.807) is 25.2 Å². The van der Waals surface area contributed by atoms with Crippen molar-refractivity contribution in [3.8, 4) is 5.75 Å². The van der Waals surface area contributed by atoms with Gasteiger partial charge in [-0.25, -0.2) is 0 Å². The normalized spacial score (nSPS) is 14.4. The number of rotatable bonds is 6. The molecule has 0 amide bonds. The molecular weight excluding hydrogens is 220 g/mol. The molecule has 96 valence electrons. The molecule has 0 saturated heterocycles. The van der Waals surface area contributed by atoms with Gasteiger partial charge in [0.1, 0.15) is 11.9 Å². The van der Waals surface area contributed by atoms with Crippen molar-refractivity contribution in [2.45, 2.75) is 18.6 Å². The molecule has 0 spiro atoms. The summed E-state index contributed by atoms with van der Waals surface area (Å²) in [5.41, 5.74) is 6.78. The van der Waals surface area contributed by atoms with E-state index in [-0.39, 0.29) is 0 Å². The van der Waals surface area contributed by atoms with Gasteiger partial charge in [-0.1, -0.05) is 6.07 Å². The van der Waals surface area contributed by atoms with Crippen LogP contribution in [0.2, 0.25) is 0 Å². The largest absolute Gasteiger partial charge is 0.495 e. The minimum Gasteiger partial charge on any atom is -0.495 e. The first kappa shape index (κ1) is 13.8. The first-order valence-corrected chi connectivity index (χ1v) is 5.54. The molecule has 0 aliphatic carbocycles. The van der Waals surface area contributed by atoms with E-state index in [1.807, 2.05) is 0 Å². The van der Waals surface area contributed by atoms with Crippen LogP contribution in [0.5, 0.6) is 5.75 Å². The molecule has 0 fully saturated rings. The van der Waals surface area contributed by atoms with E-state index >= 15 is 0 Å². The van der Waals surface area contributed by atoms with Crippen molar-refractivity contribution in [3.63, 3.8) is 0 Å². The van der Waals surface area contributed by atoms with Crippen molar-refractivity contribution in [2.75, 3.05) is 26.4 Å². The van der Waals surface area contributed by atoms with E-state index in [0.717, 1.165) is 0 Å². The summed E-state index contributed by atoms with van der Waals surface area (Å²) in [6.45, 7) is 0.643. The predicted octanol–water partition coefficient (Wildman–Crippen LogP) is 0.281. The number of aliphatic hydroxyl groups excluding tert-OH is 2. The van der Waals surface area contributed by atoms with Gasteiger partial charge in [0.05, 0.1) is 18.9 Å². The molecule has 0 aromatic heterocycles. The molecule has 0 radical (unpaired) electrons. The third-order valence-corrected chi connectivity index (χ3v) is 2.65. The maximum atomic E-state index is 9.95. The zero-order valence-corrected chi connectivity index (χ0v) is 10.2. The van der Waals surface area contributed by atoms with Crippen LogP contribution < -0.4 is 15.8 Å². The standard InChI is InChI=1S/C12H20N2O3/c1-14-6-5-10(15)12(16)8-3-4-9(13)11(7-8)17-2/h3-4,7,10,12,14-16H,5-6,13H2,1-2H3. The Bertz CT molecular complexity index is 358. The predicted molar refractivity (Wildman–Crippen MR) is 66.9 cm³/mol. The van der Waals surface area contributed by atoms with E-state index in [4.69, 9.17) is 10.5 Å². The lowest BCUT2D eigenvalue weighted by Crippen LogP contribution is -2.23. The highest BCUT2D eigenvalue weighted by atomic mass is 16.5. The Balaban J connectivity index is 2.77. The fraction of sp³-hybridized carbons (Fsp3) is 0.500. The summed E-state index contributed by atoms with van der Waals surface area (Å²) in [5, 5.41) is 22.6. The maximum absolute atomic E-state index is 9.95. The molecule has 5 nitrogen and oxygen atoms in total. The number of hydrogen-bond donors (Lipinski definition) is 4. The molecule has 17 heavy (non-hydrogen) atoms. The third kappa shape index (κ3) is 3.59. The lowest BCUT2D eigenvalue weighted by atomic mass is 10.0. The number of methoxy groups -OCH3 is 1. The SMILES string of the molecule is CNCCC(O)C(O)c1ccc(N)c(OC)c1. The molecule has 5 N–H and O–H groups in total. The minimum absolute atomic E-state index is 0.477. The number of ether oxygens (including phenoxy) is 1. The fourth-order valence-electron chi connectivity index (χ4n) is 1.58. The lowest BCUT2D eigenvalue weighted by Gasteiger charge is -2.19. The number of nitrogens with one attached hydrogen (secondary N) is 1. The average molecular weight is 240 g/mol. The summed E-state index contributed by atoms with van der Waals surface area (Å²) in [5.74, 6) is 0.502. The Kier molecular flexibility index (Phi) is 5.21. The van der Waals surface area contributed by atoms with Crippen LogP contribution in [0.3, 0.4) is 0 Å². The minimum atomic E-state index is -0.933. The van der Waals surface area contributed by atoms with Gasteiger partial charge in [-0.05, 0) is 37.7 Å². The molecule has 1 aromatic carbocycles. The van der Waals surface area contributed by atoms with Crippen molar-refractivity contribution < 1.29 is 14.9 Å². The fourth-order valence-corrected chi connectivity index (χ4v) is 1.58. The second-order valence-corrected chi connectivity index (χ2v) is 3.91. The van der Waals surface area contributed by atoms with Crippen LogP contribution in [-0.4, -0.2) is 37.0 Å². The quantitative estimate of drug-likeness (QED) is 0.536.